The molecule has 3 aromatic rings. The van der Waals surface area contributed by atoms with Crippen molar-refractivity contribution in [1.29, 1.82) is 0 Å². The van der Waals surface area contributed by atoms with Crippen LogP contribution in [0.4, 0.5) is 5.69 Å². The van der Waals surface area contributed by atoms with Crippen molar-refractivity contribution in [3.63, 3.8) is 0 Å². The molecule has 0 aliphatic carbocycles. The molecule has 138 valence electrons. The number of hydrogen-bond acceptors (Lipinski definition) is 7. The predicted molar refractivity (Wildman–Crippen MR) is 100 cm³/mol. The number of aryl methyl sites for hydroxylation is 1. The number of ether oxygens (including phenoxy) is 1. The maximum atomic E-state index is 12.2. The average Bonchev–Trinajstić information content (AvgIpc) is 2.96. The minimum Gasteiger partial charge on any atom is -0.487 e. The molecule has 0 fully saturated rings. The lowest BCUT2D eigenvalue weighted by molar-refractivity contribution is 0.301. The molecule has 0 spiro atoms. The first-order chi connectivity index (χ1) is 12.3. The summed E-state index contributed by atoms with van der Waals surface area (Å²) in [5.74, 6) is 0.544. The molecule has 0 saturated heterocycles. The van der Waals surface area contributed by atoms with E-state index < -0.39 is 10.0 Å². The van der Waals surface area contributed by atoms with Crippen LogP contribution in [-0.2, 0) is 23.1 Å². The second-order valence-electron chi connectivity index (χ2n) is 5.71. The van der Waals surface area contributed by atoms with Gasteiger partial charge in [-0.25, -0.2) is 13.4 Å². The highest BCUT2D eigenvalue weighted by molar-refractivity contribution is 7.92. The van der Waals surface area contributed by atoms with Crippen molar-refractivity contribution in [1.82, 2.24) is 14.6 Å². The maximum absolute atomic E-state index is 12.2. The van der Waals surface area contributed by atoms with Gasteiger partial charge >= 0.3 is 0 Å². The SMILES string of the molecule is CCCc1nn2c(=O)cc(COc3ccc(NS(C)(=O)=O)cc3)nc2s1. The third kappa shape index (κ3) is 4.58. The Balaban J connectivity index is 1.72. The quantitative estimate of drug-likeness (QED) is 0.658. The van der Waals surface area contributed by atoms with Gasteiger partial charge in [-0.3, -0.25) is 9.52 Å². The summed E-state index contributed by atoms with van der Waals surface area (Å²) in [7, 11) is -3.32. The molecule has 10 heteroatoms. The Morgan fingerprint density at radius 3 is 2.65 bits per heavy atom. The number of rotatable bonds is 7. The molecular formula is C16H18N4O4S2. The highest BCUT2D eigenvalue weighted by Gasteiger charge is 2.09. The van der Waals surface area contributed by atoms with E-state index in [-0.39, 0.29) is 12.2 Å². The standard InChI is InChI=1S/C16H18N4O4S2/c1-3-4-14-18-20-15(21)9-12(17-16(20)25-14)10-24-13-7-5-11(6-8-13)19-26(2,22)23/h5-9,19H,3-4,10H2,1-2H3. The first-order valence-corrected chi connectivity index (χ1v) is 10.6. The summed E-state index contributed by atoms with van der Waals surface area (Å²) >= 11 is 1.40. The van der Waals surface area contributed by atoms with E-state index in [0.29, 0.717) is 22.1 Å². The zero-order valence-corrected chi connectivity index (χ0v) is 15.9. The van der Waals surface area contributed by atoms with Crippen LogP contribution in [0, 0.1) is 0 Å². The van der Waals surface area contributed by atoms with Crippen LogP contribution in [0.5, 0.6) is 5.75 Å². The van der Waals surface area contributed by atoms with E-state index in [2.05, 4.69) is 21.7 Å². The van der Waals surface area contributed by atoms with Crippen LogP contribution in [0.1, 0.15) is 24.0 Å². The lowest BCUT2D eigenvalue weighted by Crippen LogP contribution is -2.16. The first kappa shape index (κ1) is 18.3. The van der Waals surface area contributed by atoms with Gasteiger partial charge in [0.25, 0.3) is 5.56 Å². The van der Waals surface area contributed by atoms with Crippen LogP contribution in [0.2, 0.25) is 0 Å². The average molecular weight is 394 g/mol. The van der Waals surface area contributed by atoms with Crippen molar-refractivity contribution < 1.29 is 13.2 Å². The Bertz CT molecular complexity index is 1070. The first-order valence-electron chi connectivity index (χ1n) is 7.93. The zero-order chi connectivity index (χ0) is 18.7. The molecule has 0 bridgehead atoms. The van der Waals surface area contributed by atoms with Crippen molar-refractivity contribution in [3.05, 3.63) is 51.4 Å². The summed E-state index contributed by atoms with van der Waals surface area (Å²) in [6.07, 6.45) is 2.85. The summed E-state index contributed by atoms with van der Waals surface area (Å²) in [5, 5.41) is 5.14. The summed E-state index contributed by atoms with van der Waals surface area (Å²) < 4.78 is 31.7. The Hall–Kier alpha value is -2.46. The maximum Gasteiger partial charge on any atom is 0.275 e. The van der Waals surface area contributed by atoms with Crippen LogP contribution < -0.4 is 15.0 Å². The van der Waals surface area contributed by atoms with Gasteiger partial charge < -0.3 is 4.74 Å². The van der Waals surface area contributed by atoms with Gasteiger partial charge in [-0.15, -0.1) is 0 Å². The molecule has 8 nitrogen and oxygen atoms in total. The molecule has 1 aromatic carbocycles. The number of nitrogens with one attached hydrogen (secondary N) is 1. The molecule has 2 heterocycles. The van der Waals surface area contributed by atoms with Crippen LogP contribution in [0.25, 0.3) is 4.96 Å². The largest absolute Gasteiger partial charge is 0.487 e. The third-order valence-electron chi connectivity index (χ3n) is 3.35. The molecule has 0 saturated carbocycles. The minimum absolute atomic E-state index is 0.131. The second kappa shape index (κ2) is 7.42. The van der Waals surface area contributed by atoms with Gasteiger partial charge in [0.1, 0.15) is 17.4 Å². The number of sulfonamides is 1. The summed E-state index contributed by atoms with van der Waals surface area (Å²) in [4.78, 5) is 17.1. The minimum atomic E-state index is -3.32. The third-order valence-corrected chi connectivity index (χ3v) is 4.92. The van der Waals surface area contributed by atoms with Gasteiger partial charge in [-0.05, 0) is 30.7 Å². The van der Waals surface area contributed by atoms with E-state index in [9.17, 15) is 13.2 Å². The lowest BCUT2D eigenvalue weighted by atomic mass is 10.3. The van der Waals surface area contributed by atoms with Gasteiger partial charge in [0.2, 0.25) is 15.0 Å². The summed E-state index contributed by atoms with van der Waals surface area (Å²) in [6.45, 7) is 2.18. The van der Waals surface area contributed by atoms with Crippen LogP contribution in [0.15, 0.2) is 35.1 Å². The Kier molecular flexibility index (Phi) is 5.23. The van der Waals surface area contributed by atoms with E-state index in [1.165, 1.54) is 21.9 Å². The fraction of sp³-hybridized carbons (Fsp3) is 0.312. The van der Waals surface area contributed by atoms with E-state index in [1.807, 2.05) is 0 Å². The van der Waals surface area contributed by atoms with Crippen LogP contribution >= 0.6 is 11.3 Å². The Morgan fingerprint density at radius 2 is 2.00 bits per heavy atom. The molecule has 0 aliphatic rings. The van der Waals surface area contributed by atoms with Gasteiger partial charge in [0.05, 0.1) is 11.9 Å². The van der Waals surface area contributed by atoms with Crippen molar-refractivity contribution in [2.75, 3.05) is 11.0 Å². The fourth-order valence-electron chi connectivity index (χ4n) is 2.28. The van der Waals surface area contributed by atoms with E-state index >= 15 is 0 Å². The molecule has 1 N–H and O–H groups in total. The number of hydrogen-bond donors (Lipinski definition) is 1. The molecule has 2 aromatic heterocycles. The topological polar surface area (TPSA) is 103 Å². The monoisotopic (exact) mass is 394 g/mol. The molecule has 0 aliphatic heterocycles. The second-order valence-corrected chi connectivity index (χ2v) is 8.50. The number of nitrogens with zero attached hydrogens (tertiary/aromatic N) is 3. The van der Waals surface area contributed by atoms with Crippen LogP contribution in [0.3, 0.4) is 0 Å². The zero-order valence-electron chi connectivity index (χ0n) is 14.3. The van der Waals surface area contributed by atoms with Gasteiger partial charge in [0.15, 0.2) is 0 Å². The molecule has 0 unspecified atom stereocenters. The highest BCUT2D eigenvalue weighted by atomic mass is 32.2. The van der Waals surface area contributed by atoms with Gasteiger partial charge in [0, 0.05) is 18.2 Å². The predicted octanol–water partition coefficient (Wildman–Crippen LogP) is 2.05. The molecule has 0 amide bonds. The number of fused-ring (bicyclic) bond motifs is 1. The Labute approximate surface area is 154 Å². The molecule has 26 heavy (non-hydrogen) atoms. The van der Waals surface area contributed by atoms with Crippen molar-refractivity contribution in [3.8, 4) is 5.75 Å². The summed E-state index contributed by atoms with van der Waals surface area (Å²) in [6, 6.07) is 7.89. The molecular weight excluding hydrogens is 376 g/mol. The molecule has 3 rings (SSSR count). The number of aromatic nitrogens is 3. The van der Waals surface area contributed by atoms with E-state index in [1.54, 1.807) is 24.3 Å². The normalized spacial score (nSPS) is 11.6. The van der Waals surface area contributed by atoms with Gasteiger partial charge in [-0.1, -0.05) is 18.3 Å². The fourth-order valence-corrected chi connectivity index (χ4v) is 3.86. The van der Waals surface area contributed by atoms with Crippen molar-refractivity contribution in [2.24, 2.45) is 0 Å². The summed E-state index contributed by atoms with van der Waals surface area (Å²) in [5.41, 5.74) is 0.727. The molecule has 0 atom stereocenters. The lowest BCUT2D eigenvalue weighted by Gasteiger charge is -2.07. The van der Waals surface area contributed by atoms with Crippen molar-refractivity contribution >= 4 is 32.0 Å². The highest BCUT2D eigenvalue weighted by Crippen LogP contribution is 2.18. The molecule has 0 radical (unpaired) electrons. The van der Waals surface area contributed by atoms with E-state index in [0.717, 1.165) is 24.1 Å². The van der Waals surface area contributed by atoms with Crippen molar-refractivity contribution in [2.45, 2.75) is 26.4 Å². The van der Waals surface area contributed by atoms with Crippen LogP contribution in [-0.4, -0.2) is 29.3 Å². The number of anilines is 1. The van der Waals surface area contributed by atoms with E-state index in [4.69, 9.17) is 4.74 Å². The van der Waals surface area contributed by atoms with Gasteiger partial charge in [-0.2, -0.15) is 9.61 Å². The number of benzene rings is 1. The smallest absolute Gasteiger partial charge is 0.275 e. The Morgan fingerprint density at radius 1 is 1.27 bits per heavy atom.